The number of aliphatic hydroxyl groups is 1. The molecule has 2 aliphatic rings. The van der Waals surface area contributed by atoms with Gasteiger partial charge in [0, 0.05) is 13.0 Å². The Morgan fingerprint density at radius 2 is 2.08 bits per heavy atom. The number of carbonyl (C=O) groups is 1. The first-order chi connectivity index (χ1) is 12.7. The fraction of sp³-hybridized carbons (Fsp3) is 0.500. The standard InChI is InChI=1S/C20H25N3O2S/c24-19(10-15-4-2-1-3-5-15)18-11-17-12-22(8-9-23(17)21-18)20(25)14-26-13-16-6-7-16/h1-5,11,16,19,24H,6-10,12-14H2/t19-/m1/s1. The van der Waals surface area contributed by atoms with Crippen LogP contribution >= 0.6 is 11.8 Å². The van der Waals surface area contributed by atoms with E-state index in [2.05, 4.69) is 5.10 Å². The van der Waals surface area contributed by atoms with Gasteiger partial charge in [-0.1, -0.05) is 30.3 Å². The van der Waals surface area contributed by atoms with Gasteiger partial charge in [-0.05, 0) is 36.1 Å². The summed E-state index contributed by atoms with van der Waals surface area (Å²) in [7, 11) is 0. The number of thioether (sulfide) groups is 1. The van der Waals surface area contributed by atoms with Gasteiger partial charge >= 0.3 is 0 Å². The Kier molecular flexibility index (Phi) is 5.31. The van der Waals surface area contributed by atoms with Crippen LogP contribution in [0.5, 0.6) is 0 Å². The molecule has 1 amide bonds. The third-order valence-electron chi connectivity index (χ3n) is 5.06. The van der Waals surface area contributed by atoms with Gasteiger partial charge in [0.15, 0.2) is 0 Å². The Morgan fingerprint density at radius 3 is 2.85 bits per heavy atom. The largest absolute Gasteiger partial charge is 0.386 e. The lowest BCUT2D eigenvalue weighted by Gasteiger charge is -2.27. The number of hydrogen-bond acceptors (Lipinski definition) is 4. The number of carbonyl (C=O) groups excluding carboxylic acids is 1. The molecule has 1 saturated carbocycles. The molecular formula is C20H25N3O2S. The number of hydrogen-bond donors (Lipinski definition) is 1. The summed E-state index contributed by atoms with van der Waals surface area (Å²) in [6.07, 6.45) is 2.60. The highest BCUT2D eigenvalue weighted by atomic mass is 32.2. The van der Waals surface area contributed by atoms with E-state index in [0.29, 0.717) is 37.5 Å². The Balaban J connectivity index is 1.34. The van der Waals surface area contributed by atoms with Crippen molar-refractivity contribution in [3.8, 4) is 0 Å². The van der Waals surface area contributed by atoms with E-state index in [9.17, 15) is 9.90 Å². The SMILES string of the molecule is O=C(CSCC1CC1)N1CCn2nc([C@H](O)Cc3ccccc3)cc2C1. The van der Waals surface area contributed by atoms with E-state index in [0.717, 1.165) is 22.9 Å². The summed E-state index contributed by atoms with van der Waals surface area (Å²) < 4.78 is 1.94. The van der Waals surface area contributed by atoms with E-state index < -0.39 is 6.10 Å². The second kappa shape index (κ2) is 7.84. The van der Waals surface area contributed by atoms with E-state index >= 15 is 0 Å². The molecule has 26 heavy (non-hydrogen) atoms. The highest BCUT2D eigenvalue weighted by Crippen LogP contribution is 2.32. The molecule has 0 saturated heterocycles. The average molecular weight is 372 g/mol. The molecule has 0 radical (unpaired) electrons. The molecule has 0 spiro atoms. The van der Waals surface area contributed by atoms with Gasteiger partial charge < -0.3 is 10.0 Å². The zero-order valence-electron chi connectivity index (χ0n) is 14.9. The van der Waals surface area contributed by atoms with Gasteiger partial charge in [0.25, 0.3) is 0 Å². The Labute approximate surface area is 158 Å². The summed E-state index contributed by atoms with van der Waals surface area (Å²) in [4.78, 5) is 14.3. The van der Waals surface area contributed by atoms with Crippen molar-refractivity contribution in [3.05, 3.63) is 53.3 Å². The molecule has 1 aliphatic carbocycles. The Hall–Kier alpha value is -1.79. The number of amides is 1. The molecule has 1 atom stereocenters. The van der Waals surface area contributed by atoms with Gasteiger partial charge in [-0.2, -0.15) is 16.9 Å². The van der Waals surface area contributed by atoms with E-state index in [1.54, 1.807) is 11.8 Å². The van der Waals surface area contributed by atoms with Crippen LogP contribution < -0.4 is 0 Å². The minimum atomic E-state index is -0.617. The lowest BCUT2D eigenvalue weighted by Crippen LogP contribution is -2.39. The second-order valence-electron chi connectivity index (χ2n) is 7.26. The van der Waals surface area contributed by atoms with Crippen LogP contribution in [0, 0.1) is 5.92 Å². The Morgan fingerprint density at radius 1 is 1.27 bits per heavy atom. The minimum absolute atomic E-state index is 0.217. The molecule has 2 aromatic rings. The lowest BCUT2D eigenvalue weighted by molar-refractivity contribution is -0.129. The molecule has 4 rings (SSSR count). The molecule has 1 aromatic heterocycles. The van der Waals surface area contributed by atoms with Crippen molar-refractivity contribution in [2.24, 2.45) is 5.92 Å². The van der Waals surface area contributed by atoms with Crippen molar-refractivity contribution in [2.75, 3.05) is 18.1 Å². The first-order valence-electron chi connectivity index (χ1n) is 9.33. The molecule has 138 valence electrons. The Bertz CT molecular complexity index is 758. The van der Waals surface area contributed by atoms with Crippen molar-refractivity contribution in [1.82, 2.24) is 14.7 Å². The van der Waals surface area contributed by atoms with Crippen molar-refractivity contribution >= 4 is 17.7 Å². The van der Waals surface area contributed by atoms with Crippen LogP contribution in [0.3, 0.4) is 0 Å². The molecule has 6 heteroatoms. The molecule has 0 unspecified atom stereocenters. The summed E-state index contributed by atoms with van der Waals surface area (Å²) in [5.74, 6) is 2.76. The fourth-order valence-corrected chi connectivity index (χ4v) is 4.44. The maximum Gasteiger partial charge on any atom is 0.232 e. The van der Waals surface area contributed by atoms with Crippen molar-refractivity contribution in [2.45, 2.75) is 38.5 Å². The molecule has 2 heterocycles. The first kappa shape index (κ1) is 17.6. The highest BCUT2D eigenvalue weighted by molar-refractivity contribution is 7.99. The lowest BCUT2D eigenvalue weighted by atomic mass is 10.1. The molecule has 1 N–H and O–H groups in total. The maximum atomic E-state index is 12.4. The summed E-state index contributed by atoms with van der Waals surface area (Å²) in [5, 5.41) is 15.1. The van der Waals surface area contributed by atoms with Gasteiger partial charge in [0.1, 0.15) is 6.10 Å². The van der Waals surface area contributed by atoms with Crippen molar-refractivity contribution in [1.29, 1.82) is 0 Å². The van der Waals surface area contributed by atoms with Gasteiger partial charge in [-0.15, -0.1) is 0 Å². The first-order valence-corrected chi connectivity index (χ1v) is 10.5. The molecule has 1 aliphatic heterocycles. The predicted molar refractivity (Wildman–Crippen MR) is 103 cm³/mol. The van der Waals surface area contributed by atoms with E-state index in [1.165, 1.54) is 12.8 Å². The molecule has 1 aromatic carbocycles. The smallest absolute Gasteiger partial charge is 0.232 e. The van der Waals surface area contributed by atoms with Crippen molar-refractivity contribution in [3.63, 3.8) is 0 Å². The number of nitrogens with zero attached hydrogens (tertiary/aromatic N) is 3. The van der Waals surface area contributed by atoms with Crippen LogP contribution in [0.25, 0.3) is 0 Å². The number of rotatable bonds is 7. The fourth-order valence-electron chi connectivity index (χ4n) is 3.29. The predicted octanol–water partition coefficient (Wildman–Crippen LogP) is 2.64. The molecule has 5 nitrogen and oxygen atoms in total. The van der Waals surface area contributed by atoms with Crippen LogP contribution in [0.15, 0.2) is 36.4 Å². The zero-order chi connectivity index (χ0) is 17.9. The summed E-state index contributed by atoms with van der Waals surface area (Å²) >= 11 is 1.76. The van der Waals surface area contributed by atoms with Gasteiger partial charge in [0.2, 0.25) is 5.91 Å². The third kappa shape index (κ3) is 4.30. The van der Waals surface area contributed by atoms with Crippen molar-refractivity contribution < 1.29 is 9.90 Å². The summed E-state index contributed by atoms with van der Waals surface area (Å²) in [5.41, 5.74) is 2.80. The second-order valence-corrected chi connectivity index (χ2v) is 8.29. The van der Waals surface area contributed by atoms with Crippen LogP contribution in [0.4, 0.5) is 0 Å². The number of benzene rings is 1. The zero-order valence-corrected chi connectivity index (χ0v) is 15.7. The number of aromatic nitrogens is 2. The topological polar surface area (TPSA) is 58.4 Å². The monoisotopic (exact) mass is 371 g/mol. The van der Waals surface area contributed by atoms with Crippen LogP contribution in [0.2, 0.25) is 0 Å². The molecule has 1 fully saturated rings. The normalized spacial score (nSPS) is 17.8. The van der Waals surface area contributed by atoms with E-state index in [1.807, 2.05) is 46.0 Å². The minimum Gasteiger partial charge on any atom is -0.386 e. The van der Waals surface area contributed by atoms with E-state index in [4.69, 9.17) is 0 Å². The van der Waals surface area contributed by atoms with Crippen LogP contribution in [-0.4, -0.2) is 43.7 Å². The highest BCUT2D eigenvalue weighted by Gasteiger charge is 2.25. The number of aliphatic hydroxyl groups excluding tert-OH is 1. The quantitative estimate of drug-likeness (QED) is 0.813. The summed E-state index contributed by atoms with van der Waals surface area (Å²) in [6.45, 7) is 1.99. The van der Waals surface area contributed by atoms with Crippen LogP contribution in [0.1, 0.15) is 35.9 Å². The van der Waals surface area contributed by atoms with Gasteiger partial charge in [0.05, 0.1) is 30.2 Å². The van der Waals surface area contributed by atoms with Crippen LogP contribution in [-0.2, 0) is 24.3 Å². The summed E-state index contributed by atoms with van der Waals surface area (Å²) in [6, 6.07) is 11.9. The van der Waals surface area contributed by atoms with Gasteiger partial charge in [-0.25, -0.2) is 0 Å². The third-order valence-corrected chi connectivity index (χ3v) is 6.22. The number of fused-ring (bicyclic) bond motifs is 1. The molecular weight excluding hydrogens is 346 g/mol. The maximum absolute atomic E-state index is 12.4. The van der Waals surface area contributed by atoms with E-state index in [-0.39, 0.29) is 5.91 Å². The average Bonchev–Trinajstić information content (AvgIpc) is 3.37. The molecule has 0 bridgehead atoms. The van der Waals surface area contributed by atoms with Gasteiger partial charge in [-0.3, -0.25) is 9.48 Å².